The Morgan fingerprint density at radius 3 is 2.41 bits per heavy atom. The number of benzene rings is 1. The average Bonchev–Trinajstić information content (AvgIpc) is 2.67. The normalized spacial score (nSPS) is 22.9. The molecule has 0 bridgehead atoms. The van der Waals surface area contributed by atoms with Gasteiger partial charge in [0, 0.05) is 43.4 Å². The van der Waals surface area contributed by atoms with Crippen LogP contribution in [0.15, 0.2) is 54.9 Å². The van der Waals surface area contributed by atoms with E-state index in [0.717, 1.165) is 5.56 Å². The van der Waals surface area contributed by atoms with Crippen LogP contribution in [0, 0.1) is 0 Å². The van der Waals surface area contributed by atoms with E-state index in [4.69, 9.17) is 0 Å². The topological polar surface area (TPSA) is 73.7 Å². The summed E-state index contributed by atoms with van der Waals surface area (Å²) in [6.45, 7) is 2.72. The van der Waals surface area contributed by atoms with Crippen LogP contribution in [-0.2, 0) is 4.79 Å². The Kier molecular flexibility index (Phi) is 4.44. The lowest BCUT2D eigenvalue weighted by atomic mass is 9.60. The first-order valence-corrected chi connectivity index (χ1v) is 9.29. The largest absolute Gasteiger partial charge is 0.394 e. The number of likely N-dealkylation sites (tertiary alicyclic amines) is 2. The number of aliphatic hydroxyl groups excluding tert-OH is 1. The highest BCUT2D eigenvalue weighted by atomic mass is 16.3. The van der Waals surface area contributed by atoms with Gasteiger partial charge in [-0.3, -0.25) is 14.6 Å². The summed E-state index contributed by atoms with van der Waals surface area (Å²) in [4.78, 5) is 32.9. The van der Waals surface area contributed by atoms with Crippen LogP contribution in [0.5, 0.6) is 0 Å². The second-order valence-electron chi connectivity index (χ2n) is 7.26. The minimum absolute atomic E-state index is 0.0252. The maximum atomic E-state index is 12.7. The molecular formula is C21H23N3O3. The number of carbonyl (C=O) groups is 2. The highest BCUT2D eigenvalue weighted by Gasteiger charge is 2.67. The van der Waals surface area contributed by atoms with Crippen molar-refractivity contribution in [1.29, 1.82) is 0 Å². The minimum atomic E-state index is -0.426. The lowest BCUT2D eigenvalue weighted by Crippen LogP contribution is -2.85. The maximum absolute atomic E-state index is 12.7. The van der Waals surface area contributed by atoms with Gasteiger partial charge < -0.3 is 14.9 Å². The number of rotatable bonds is 4. The summed E-state index contributed by atoms with van der Waals surface area (Å²) in [6, 6.07) is 13.1. The van der Waals surface area contributed by atoms with Crippen LogP contribution in [0.4, 0.5) is 0 Å². The molecule has 2 aliphatic rings. The van der Waals surface area contributed by atoms with Crippen LogP contribution >= 0.6 is 0 Å². The van der Waals surface area contributed by atoms with E-state index in [1.54, 1.807) is 29.4 Å². The zero-order valence-corrected chi connectivity index (χ0v) is 15.3. The second kappa shape index (κ2) is 6.78. The van der Waals surface area contributed by atoms with Gasteiger partial charge in [-0.05, 0) is 17.7 Å². The van der Waals surface area contributed by atoms with E-state index < -0.39 is 5.54 Å². The van der Waals surface area contributed by atoms with Crippen molar-refractivity contribution >= 4 is 11.8 Å². The van der Waals surface area contributed by atoms with Crippen molar-refractivity contribution < 1.29 is 14.7 Å². The first-order valence-electron chi connectivity index (χ1n) is 9.29. The summed E-state index contributed by atoms with van der Waals surface area (Å²) >= 11 is 0. The Morgan fingerprint density at radius 2 is 1.81 bits per heavy atom. The van der Waals surface area contributed by atoms with Gasteiger partial charge in [0.1, 0.15) is 0 Å². The molecule has 140 valence electrons. The molecule has 0 radical (unpaired) electrons. The molecule has 4 rings (SSSR count). The van der Waals surface area contributed by atoms with Crippen molar-refractivity contribution in [2.24, 2.45) is 0 Å². The number of nitrogens with zero attached hydrogens (tertiary/aromatic N) is 3. The third-order valence-corrected chi connectivity index (χ3v) is 5.84. The third-order valence-electron chi connectivity index (χ3n) is 5.84. The molecule has 2 amide bonds. The monoisotopic (exact) mass is 365 g/mol. The molecule has 0 unspecified atom stereocenters. The third kappa shape index (κ3) is 2.63. The van der Waals surface area contributed by atoms with Crippen molar-refractivity contribution in [3.63, 3.8) is 0 Å². The van der Waals surface area contributed by atoms with E-state index in [1.165, 1.54) is 0 Å². The molecule has 1 spiro atoms. The number of aliphatic hydroxyl groups is 1. The fourth-order valence-electron chi connectivity index (χ4n) is 4.67. The Balaban J connectivity index is 1.62. The predicted octanol–water partition coefficient (Wildman–Crippen LogP) is 1.67. The Labute approximate surface area is 158 Å². The summed E-state index contributed by atoms with van der Waals surface area (Å²) in [7, 11) is 0. The molecular weight excluding hydrogens is 342 g/mol. The van der Waals surface area contributed by atoms with E-state index >= 15 is 0 Å². The summed E-state index contributed by atoms with van der Waals surface area (Å²) in [5.74, 6) is 0.00381. The Morgan fingerprint density at radius 1 is 1.15 bits per heavy atom. The highest BCUT2D eigenvalue weighted by Crippen LogP contribution is 2.54. The van der Waals surface area contributed by atoms with Gasteiger partial charge in [-0.15, -0.1) is 0 Å². The van der Waals surface area contributed by atoms with Gasteiger partial charge in [0.25, 0.3) is 5.91 Å². The van der Waals surface area contributed by atoms with Gasteiger partial charge in [0.2, 0.25) is 5.91 Å². The fraction of sp³-hybridized carbons (Fsp3) is 0.381. The average molecular weight is 365 g/mol. The minimum Gasteiger partial charge on any atom is -0.394 e. The zero-order valence-electron chi connectivity index (χ0n) is 15.3. The molecule has 2 atom stereocenters. The van der Waals surface area contributed by atoms with E-state index in [0.29, 0.717) is 25.1 Å². The quantitative estimate of drug-likeness (QED) is 0.895. The number of hydrogen-bond acceptors (Lipinski definition) is 4. The SMILES string of the molecule is CCC(=O)N1[C@H](CO)[C@@H](c2ccccc2)C12CN(C(=O)c1ccncc1)C2. The molecule has 3 heterocycles. The molecule has 6 nitrogen and oxygen atoms in total. The molecule has 1 aromatic heterocycles. The molecule has 2 aliphatic heterocycles. The number of pyridine rings is 1. The van der Waals surface area contributed by atoms with E-state index in [2.05, 4.69) is 4.98 Å². The number of carbonyl (C=O) groups excluding carboxylic acids is 2. The zero-order chi connectivity index (χ0) is 19.0. The molecule has 0 saturated carbocycles. The summed E-state index contributed by atoms with van der Waals surface area (Å²) in [5.41, 5.74) is 1.28. The lowest BCUT2D eigenvalue weighted by Gasteiger charge is -2.70. The van der Waals surface area contributed by atoms with Gasteiger partial charge in [0.15, 0.2) is 0 Å². The second-order valence-corrected chi connectivity index (χ2v) is 7.26. The van der Waals surface area contributed by atoms with Gasteiger partial charge in [-0.2, -0.15) is 0 Å². The molecule has 1 aromatic carbocycles. The number of aromatic nitrogens is 1. The maximum Gasteiger partial charge on any atom is 0.254 e. The van der Waals surface area contributed by atoms with E-state index in [9.17, 15) is 14.7 Å². The van der Waals surface area contributed by atoms with Gasteiger partial charge in [0.05, 0.1) is 18.2 Å². The number of hydrogen-bond donors (Lipinski definition) is 1. The standard InChI is InChI=1S/C21H23N3O3/c1-2-18(26)24-17(12-25)19(15-6-4-3-5-7-15)21(24)13-23(14-21)20(27)16-8-10-22-11-9-16/h3-11,17,19,25H,2,12-14H2,1H3/t17-,19-/m1/s1. The van der Waals surface area contributed by atoms with Crippen LogP contribution in [0.25, 0.3) is 0 Å². The smallest absolute Gasteiger partial charge is 0.254 e. The molecule has 2 aromatic rings. The van der Waals surface area contributed by atoms with Gasteiger partial charge in [-0.25, -0.2) is 0 Å². The van der Waals surface area contributed by atoms with E-state index in [1.807, 2.05) is 42.2 Å². The van der Waals surface area contributed by atoms with Crippen LogP contribution in [0.1, 0.15) is 35.2 Å². The van der Waals surface area contributed by atoms with Crippen LogP contribution in [0.3, 0.4) is 0 Å². The molecule has 1 N–H and O–H groups in total. The van der Waals surface area contributed by atoms with Crippen molar-refractivity contribution in [3.05, 3.63) is 66.0 Å². The predicted molar refractivity (Wildman–Crippen MR) is 100 cm³/mol. The lowest BCUT2D eigenvalue weighted by molar-refractivity contribution is -0.193. The van der Waals surface area contributed by atoms with Crippen LogP contribution < -0.4 is 0 Å². The fourth-order valence-corrected chi connectivity index (χ4v) is 4.67. The summed E-state index contributed by atoms with van der Waals surface area (Å²) in [5, 5.41) is 9.96. The number of amides is 2. The molecule has 2 saturated heterocycles. The van der Waals surface area contributed by atoms with Gasteiger partial charge in [-0.1, -0.05) is 37.3 Å². The molecule has 0 aliphatic carbocycles. The summed E-state index contributed by atoms with van der Waals surface area (Å²) in [6.07, 6.45) is 3.60. The first kappa shape index (κ1) is 17.7. The van der Waals surface area contributed by atoms with E-state index in [-0.39, 0.29) is 30.4 Å². The van der Waals surface area contributed by atoms with Crippen molar-refractivity contribution in [2.75, 3.05) is 19.7 Å². The van der Waals surface area contributed by atoms with Crippen molar-refractivity contribution in [1.82, 2.24) is 14.8 Å². The highest BCUT2D eigenvalue weighted by molar-refractivity contribution is 5.95. The van der Waals surface area contributed by atoms with Crippen LogP contribution in [-0.4, -0.2) is 63.0 Å². The molecule has 27 heavy (non-hydrogen) atoms. The molecule has 2 fully saturated rings. The Bertz CT molecular complexity index is 834. The Hall–Kier alpha value is -2.73. The molecule has 6 heteroatoms. The van der Waals surface area contributed by atoms with Crippen molar-refractivity contribution in [2.45, 2.75) is 30.8 Å². The van der Waals surface area contributed by atoms with Crippen molar-refractivity contribution in [3.8, 4) is 0 Å². The summed E-state index contributed by atoms with van der Waals surface area (Å²) < 4.78 is 0. The van der Waals surface area contributed by atoms with Crippen LogP contribution in [0.2, 0.25) is 0 Å². The van der Waals surface area contributed by atoms with Gasteiger partial charge >= 0.3 is 0 Å². The first-order chi connectivity index (χ1) is 13.1.